The zero-order valence-electron chi connectivity index (χ0n) is 11.2. The number of rotatable bonds is 4. The molecule has 1 N–H and O–H groups in total. The summed E-state index contributed by atoms with van der Waals surface area (Å²) < 4.78 is 43.7. The number of alkyl halides is 3. The third-order valence-corrected chi connectivity index (χ3v) is 3.45. The maximum atomic E-state index is 12.5. The fourth-order valence-electron chi connectivity index (χ4n) is 1.57. The highest BCUT2D eigenvalue weighted by Crippen LogP contribution is 2.38. The second-order valence-electron chi connectivity index (χ2n) is 4.41. The largest absolute Gasteiger partial charge is 0.476 e. The van der Waals surface area contributed by atoms with Crippen molar-refractivity contribution >= 4 is 28.9 Å². The Bertz CT molecular complexity index is 711. The molecule has 0 saturated heterocycles. The van der Waals surface area contributed by atoms with Gasteiger partial charge in [-0.25, -0.2) is 4.79 Å². The average Bonchev–Trinajstić information content (AvgIpc) is 2.95. The highest BCUT2D eigenvalue weighted by molar-refractivity contribution is 7.11. The molecule has 0 amide bonds. The molecule has 2 aromatic rings. The number of carboxylic acids is 1. The number of aromatic carboxylic acids is 1. The van der Waals surface area contributed by atoms with Crippen LogP contribution in [-0.2, 0) is 6.18 Å². The number of carboxylic acid groups (broad SMARTS) is 1. The summed E-state index contributed by atoms with van der Waals surface area (Å²) >= 11 is 6.40. The number of hydrogen-bond acceptors (Lipinski definition) is 5. The fraction of sp³-hybridized carbons (Fsp3) is 0.364. The van der Waals surface area contributed by atoms with E-state index >= 15 is 0 Å². The van der Waals surface area contributed by atoms with Gasteiger partial charge in [-0.3, -0.25) is 4.68 Å². The standard InChI is InChI=1S/C11H9ClF3N3O3S/c1-4(2)18-6(9(19)20)7(8(12)17-18)21-10-16-5(3-22-10)11(13,14)15/h3-4H,1-2H3,(H,19,20). The quantitative estimate of drug-likeness (QED) is 0.894. The Balaban J connectivity index is 2.41. The van der Waals surface area contributed by atoms with E-state index in [4.69, 9.17) is 16.3 Å². The van der Waals surface area contributed by atoms with Gasteiger partial charge in [-0.05, 0) is 13.8 Å². The molecule has 2 aromatic heterocycles. The molecule has 0 saturated carbocycles. The SMILES string of the molecule is CC(C)n1nc(Cl)c(Oc2nc(C(F)(F)F)cs2)c1C(=O)O. The lowest BCUT2D eigenvalue weighted by atomic mass is 10.3. The van der Waals surface area contributed by atoms with E-state index in [-0.39, 0.29) is 27.8 Å². The van der Waals surface area contributed by atoms with E-state index in [0.29, 0.717) is 11.3 Å². The Morgan fingerprint density at radius 2 is 2.14 bits per heavy atom. The molecule has 6 nitrogen and oxygen atoms in total. The predicted molar refractivity (Wildman–Crippen MR) is 71.8 cm³/mol. The number of hydrogen-bond donors (Lipinski definition) is 1. The van der Waals surface area contributed by atoms with Gasteiger partial charge in [0.25, 0.3) is 5.19 Å². The topological polar surface area (TPSA) is 77.2 Å². The summed E-state index contributed by atoms with van der Waals surface area (Å²) in [6, 6.07) is -0.331. The lowest BCUT2D eigenvalue weighted by Gasteiger charge is -2.08. The van der Waals surface area contributed by atoms with Crippen LogP contribution in [0.3, 0.4) is 0 Å². The van der Waals surface area contributed by atoms with Gasteiger partial charge >= 0.3 is 12.1 Å². The van der Waals surface area contributed by atoms with Gasteiger partial charge in [0.05, 0.1) is 0 Å². The van der Waals surface area contributed by atoms with Crippen molar-refractivity contribution < 1.29 is 27.8 Å². The van der Waals surface area contributed by atoms with Gasteiger partial charge in [0, 0.05) is 11.4 Å². The highest BCUT2D eigenvalue weighted by atomic mass is 35.5. The van der Waals surface area contributed by atoms with Crippen LogP contribution in [0.1, 0.15) is 36.1 Å². The van der Waals surface area contributed by atoms with Gasteiger partial charge in [0.2, 0.25) is 5.75 Å². The Morgan fingerprint density at radius 1 is 1.50 bits per heavy atom. The molecular formula is C11H9ClF3N3O3S. The lowest BCUT2D eigenvalue weighted by Crippen LogP contribution is -2.12. The summed E-state index contributed by atoms with van der Waals surface area (Å²) in [4.78, 5) is 14.6. The van der Waals surface area contributed by atoms with Crippen LogP contribution in [0, 0.1) is 0 Å². The molecule has 0 aliphatic carbocycles. The summed E-state index contributed by atoms with van der Waals surface area (Å²) in [5, 5.41) is 13.2. The molecule has 0 unspecified atom stereocenters. The highest BCUT2D eigenvalue weighted by Gasteiger charge is 2.34. The van der Waals surface area contributed by atoms with Gasteiger partial charge in [-0.2, -0.15) is 23.3 Å². The van der Waals surface area contributed by atoms with Crippen LogP contribution in [0.5, 0.6) is 10.9 Å². The summed E-state index contributed by atoms with van der Waals surface area (Å²) in [7, 11) is 0. The Morgan fingerprint density at radius 3 is 2.59 bits per heavy atom. The van der Waals surface area contributed by atoms with Crippen molar-refractivity contribution in [1.82, 2.24) is 14.8 Å². The normalized spacial score (nSPS) is 12.0. The second-order valence-corrected chi connectivity index (χ2v) is 5.59. The maximum absolute atomic E-state index is 12.5. The zero-order valence-corrected chi connectivity index (χ0v) is 12.8. The molecule has 11 heteroatoms. The van der Waals surface area contributed by atoms with Gasteiger partial charge in [-0.15, -0.1) is 0 Å². The van der Waals surface area contributed by atoms with Crippen LogP contribution in [0.25, 0.3) is 0 Å². The molecule has 0 radical (unpaired) electrons. The number of carbonyl (C=O) groups is 1. The molecule has 0 aliphatic rings. The smallest absolute Gasteiger partial charge is 0.434 e. The summed E-state index contributed by atoms with van der Waals surface area (Å²) in [6.45, 7) is 3.34. The molecule has 120 valence electrons. The molecule has 22 heavy (non-hydrogen) atoms. The molecule has 0 spiro atoms. The molecule has 2 heterocycles. The maximum Gasteiger partial charge on any atom is 0.434 e. The van der Waals surface area contributed by atoms with Gasteiger partial charge in [0.15, 0.2) is 16.5 Å². The van der Waals surface area contributed by atoms with Crippen molar-refractivity contribution in [2.75, 3.05) is 0 Å². The molecule has 0 aromatic carbocycles. The Kier molecular flexibility index (Phi) is 4.34. The van der Waals surface area contributed by atoms with Crippen LogP contribution in [0.2, 0.25) is 5.15 Å². The van der Waals surface area contributed by atoms with Crippen LogP contribution in [0.15, 0.2) is 5.38 Å². The van der Waals surface area contributed by atoms with Crippen molar-refractivity contribution in [1.29, 1.82) is 0 Å². The van der Waals surface area contributed by atoms with Crippen LogP contribution >= 0.6 is 22.9 Å². The number of thiazole rings is 1. The van der Waals surface area contributed by atoms with Crippen LogP contribution in [0.4, 0.5) is 13.2 Å². The van der Waals surface area contributed by atoms with Crippen LogP contribution < -0.4 is 4.74 Å². The van der Waals surface area contributed by atoms with Crippen molar-refractivity contribution in [3.05, 3.63) is 21.9 Å². The van der Waals surface area contributed by atoms with Crippen molar-refractivity contribution in [3.8, 4) is 10.9 Å². The van der Waals surface area contributed by atoms with Crippen molar-refractivity contribution in [2.24, 2.45) is 0 Å². The van der Waals surface area contributed by atoms with E-state index < -0.39 is 17.8 Å². The average molecular weight is 356 g/mol. The number of aromatic nitrogens is 3. The van der Waals surface area contributed by atoms with E-state index in [2.05, 4.69) is 10.1 Å². The summed E-state index contributed by atoms with van der Waals surface area (Å²) in [5.41, 5.74) is -1.49. The van der Waals surface area contributed by atoms with Crippen LogP contribution in [-0.4, -0.2) is 25.8 Å². The number of halogens is 4. The number of nitrogens with zero attached hydrogens (tertiary/aromatic N) is 3. The van der Waals surface area contributed by atoms with Gasteiger partial charge < -0.3 is 9.84 Å². The minimum atomic E-state index is -4.61. The lowest BCUT2D eigenvalue weighted by molar-refractivity contribution is -0.140. The predicted octanol–water partition coefficient (Wildman–Crippen LogP) is 4.08. The third-order valence-electron chi connectivity index (χ3n) is 2.48. The van der Waals surface area contributed by atoms with Crippen molar-refractivity contribution in [3.63, 3.8) is 0 Å². The third kappa shape index (κ3) is 3.17. The Hall–Kier alpha value is -1.81. The summed E-state index contributed by atoms with van der Waals surface area (Å²) in [5.74, 6) is -1.71. The van der Waals surface area contributed by atoms with E-state index in [0.717, 1.165) is 10.1 Å². The monoisotopic (exact) mass is 355 g/mol. The van der Waals surface area contributed by atoms with E-state index in [1.165, 1.54) is 0 Å². The van der Waals surface area contributed by atoms with Gasteiger partial charge in [0.1, 0.15) is 0 Å². The summed E-state index contributed by atoms with van der Waals surface area (Å²) in [6.07, 6.45) is -4.61. The zero-order chi connectivity index (χ0) is 16.7. The minimum Gasteiger partial charge on any atom is -0.476 e. The first kappa shape index (κ1) is 16.6. The molecule has 0 aliphatic heterocycles. The number of ether oxygens (including phenoxy) is 1. The fourth-order valence-corrected chi connectivity index (χ4v) is 2.46. The Labute approximate surface area is 131 Å². The first-order valence-electron chi connectivity index (χ1n) is 5.83. The molecule has 2 rings (SSSR count). The first-order valence-corrected chi connectivity index (χ1v) is 7.09. The molecule has 0 fully saturated rings. The molecule has 0 atom stereocenters. The molecular weight excluding hydrogens is 347 g/mol. The van der Waals surface area contributed by atoms with E-state index in [1.54, 1.807) is 13.8 Å². The minimum absolute atomic E-state index is 0.269. The van der Waals surface area contributed by atoms with Gasteiger partial charge in [-0.1, -0.05) is 22.9 Å². The van der Waals surface area contributed by atoms with Crippen molar-refractivity contribution in [2.45, 2.75) is 26.1 Å². The van der Waals surface area contributed by atoms with E-state index in [9.17, 15) is 23.1 Å². The molecule has 0 bridgehead atoms. The first-order chi connectivity index (χ1) is 10.1. The second kappa shape index (κ2) is 5.76. The van der Waals surface area contributed by atoms with E-state index in [1.807, 2.05) is 0 Å².